The average Bonchev–Trinajstić information content (AvgIpc) is 3.12. The third-order valence-corrected chi connectivity index (χ3v) is 5.82. The van der Waals surface area contributed by atoms with Crippen molar-refractivity contribution in [3.63, 3.8) is 0 Å². The first kappa shape index (κ1) is 17.0. The standard InChI is InChI=1S/C20H15FN2OS2/c21-15-6-8-16(9-7-15)24-10-11-25-19-17-12-18(14-4-2-1-3-5-14)26-20(17)23-13-22-19/h1-9,12-13H,10-11H2. The fourth-order valence-corrected chi connectivity index (χ4v) is 4.38. The number of rotatable bonds is 6. The molecule has 2 aromatic carbocycles. The maximum atomic E-state index is 12.9. The van der Waals surface area contributed by atoms with Crippen LogP contribution in [0.5, 0.6) is 5.75 Å². The monoisotopic (exact) mass is 382 g/mol. The fourth-order valence-electron chi connectivity index (χ4n) is 2.52. The summed E-state index contributed by atoms with van der Waals surface area (Å²) in [6.07, 6.45) is 1.61. The van der Waals surface area contributed by atoms with E-state index < -0.39 is 0 Å². The Balaban J connectivity index is 1.45. The van der Waals surface area contributed by atoms with Crippen LogP contribution in [-0.2, 0) is 0 Å². The Morgan fingerprint density at radius 2 is 1.81 bits per heavy atom. The minimum atomic E-state index is -0.262. The van der Waals surface area contributed by atoms with Crippen molar-refractivity contribution in [3.05, 3.63) is 72.8 Å². The summed E-state index contributed by atoms with van der Waals surface area (Å²) in [6.45, 7) is 0.525. The van der Waals surface area contributed by atoms with Crippen molar-refractivity contribution in [2.45, 2.75) is 5.03 Å². The number of benzene rings is 2. The Morgan fingerprint density at radius 1 is 1.00 bits per heavy atom. The summed E-state index contributed by atoms with van der Waals surface area (Å²) < 4.78 is 18.5. The Morgan fingerprint density at radius 3 is 2.62 bits per heavy atom. The number of thioether (sulfide) groups is 1. The highest BCUT2D eigenvalue weighted by Crippen LogP contribution is 2.36. The van der Waals surface area contributed by atoms with Crippen molar-refractivity contribution in [1.29, 1.82) is 0 Å². The predicted octanol–water partition coefficient (Wildman–Crippen LogP) is 5.67. The van der Waals surface area contributed by atoms with Crippen LogP contribution in [0.25, 0.3) is 20.7 Å². The highest BCUT2D eigenvalue weighted by Gasteiger charge is 2.10. The van der Waals surface area contributed by atoms with Crippen molar-refractivity contribution in [1.82, 2.24) is 9.97 Å². The highest BCUT2D eigenvalue weighted by molar-refractivity contribution is 7.99. The Labute approximate surface area is 158 Å². The van der Waals surface area contributed by atoms with Crippen molar-refractivity contribution < 1.29 is 9.13 Å². The van der Waals surface area contributed by atoms with Crippen molar-refractivity contribution in [2.75, 3.05) is 12.4 Å². The molecule has 130 valence electrons. The molecule has 0 atom stereocenters. The molecule has 0 unspecified atom stereocenters. The molecule has 0 aliphatic carbocycles. The van der Waals surface area contributed by atoms with E-state index in [-0.39, 0.29) is 5.82 Å². The summed E-state index contributed by atoms with van der Waals surface area (Å²) in [5.74, 6) is 1.16. The highest BCUT2D eigenvalue weighted by atomic mass is 32.2. The number of aromatic nitrogens is 2. The first-order chi connectivity index (χ1) is 12.8. The molecule has 0 amide bonds. The van der Waals surface area contributed by atoms with Gasteiger partial charge in [-0.25, -0.2) is 14.4 Å². The summed E-state index contributed by atoms with van der Waals surface area (Å²) in [6, 6.07) is 18.5. The third kappa shape index (κ3) is 3.86. The molecule has 4 aromatic rings. The van der Waals surface area contributed by atoms with E-state index in [0.717, 1.165) is 21.0 Å². The lowest BCUT2D eigenvalue weighted by Gasteiger charge is -2.06. The molecule has 3 nitrogen and oxygen atoms in total. The van der Waals surface area contributed by atoms with E-state index in [1.807, 2.05) is 18.2 Å². The van der Waals surface area contributed by atoms with E-state index in [2.05, 4.69) is 28.2 Å². The summed E-state index contributed by atoms with van der Waals surface area (Å²) in [4.78, 5) is 11.0. The van der Waals surface area contributed by atoms with Gasteiger partial charge in [0.25, 0.3) is 0 Å². The molecule has 26 heavy (non-hydrogen) atoms. The van der Waals surface area contributed by atoms with Crippen LogP contribution in [-0.4, -0.2) is 22.3 Å². The zero-order valence-electron chi connectivity index (χ0n) is 13.8. The topological polar surface area (TPSA) is 35.0 Å². The molecule has 0 N–H and O–H groups in total. The van der Waals surface area contributed by atoms with Gasteiger partial charge in [-0.3, -0.25) is 0 Å². The first-order valence-electron chi connectivity index (χ1n) is 8.11. The molecule has 0 spiro atoms. The van der Waals surface area contributed by atoms with Crippen LogP contribution >= 0.6 is 23.1 Å². The number of fused-ring (bicyclic) bond motifs is 1. The van der Waals surface area contributed by atoms with E-state index in [9.17, 15) is 4.39 Å². The third-order valence-electron chi connectivity index (χ3n) is 3.76. The Bertz CT molecular complexity index is 1000. The second-order valence-corrected chi connectivity index (χ2v) is 7.64. The molecule has 0 aliphatic heterocycles. The molecule has 0 fully saturated rings. The van der Waals surface area contributed by atoms with Crippen LogP contribution in [0.2, 0.25) is 0 Å². The van der Waals surface area contributed by atoms with Gasteiger partial charge in [0, 0.05) is 16.0 Å². The molecule has 0 saturated carbocycles. The van der Waals surface area contributed by atoms with Gasteiger partial charge in [0.2, 0.25) is 0 Å². The molecule has 0 radical (unpaired) electrons. The van der Waals surface area contributed by atoms with Crippen LogP contribution in [0.1, 0.15) is 0 Å². The zero-order chi connectivity index (χ0) is 17.8. The van der Waals surface area contributed by atoms with E-state index >= 15 is 0 Å². The lowest BCUT2D eigenvalue weighted by atomic mass is 10.2. The number of ether oxygens (including phenoxy) is 1. The van der Waals surface area contributed by atoms with Gasteiger partial charge in [0.15, 0.2) is 0 Å². The molecular weight excluding hydrogens is 367 g/mol. The quantitative estimate of drug-likeness (QED) is 0.245. The zero-order valence-corrected chi connectivity index (χ0v) is 15.4. The summed E-state index contributed by atoms with van der Waals surface area (Å²) in [5.41, 5.74) is 1.19. The second kappa shape index (κ2) is 7.85. The largest absolute Gasteiger partial charge is 0.493 e. The Kier molecular flexibility index (Phi) is 5.13. The van der Waals surface area contributed by atoms with Gasteiger partial charge >= 0.3 is 0 Å². The van der Waals surface area contributed by atoms with Crippen LogP contribution in [0, 0.1) is 5.82 Å². The minimum Gasteiger partial charge on any atom is -0.493 e. The van der Waals surface area contributed by atoms with E-state index in [0.29, 0.717) is 12.4 Å². The van der Waals surface area contributed by atoms with E-state index in [1.165, 1.54) is 22.6 Å². The first-order valence-corrected chi connectivity index (χ1v) is 9.91. The molecule has 0 saturated heterocycles. The number of hydrogen-bond donors (Lipinski definition) is 0. The molecular formula is C20H15FN2OS2. The van der Waals surface area contributed by atoms with Gasteiger partial charge in [-0.2, -0.15) is 0 Å². The molecule has 2 aromatic heterocycles. The van der Waals surface area contributed by atoms with Crippen molar-refractivity contribution in [2.24, 2.45) is 0 Å². The van der Waals surface area contributed by atoms with Gasteiger partial charge in [0.1, 0.15) is 27.8 Å². The molecule has 6 heteroatoms. The van der Waals surface area contributed by atoms with Crippen LogP contribution in [0.15, 0.2) is 72.0 Å². The fraction of sp³-hybridized carbons (Fsp3) is 0.100. The van der Waals surface area contributed by atoms with Gasteiger partial charge in [0.05, 0.1) is 6.61 Å². The van der Waals surface area contributed by atoms with Gasteiger partial charge in [-0.15, -0.1) is 23.1 Å². The summed E-state index contributed by atoms with van der Waals surface area (Å²) in [7, 11) is 0. The van der Waals surface area contributed by atoms with Gasteiger partial charge in [-0.05, 0) is 35.9 Å². The molecule has 0 bridgehead atoms. The maximum Gasteiger partial charge on any atom is 0.128 e. The SMILES string of the molecule is Fc1ccc(OCCSc2ncnc3sc(-c4ccccc4)cc23)cc1. The molecule has 4 rings (SSSR count). The van der Waals surface area contributed by atoms with E-state index in [1.54, 1.807) is 41.6 Å². The lowest BCUT2D eigenvalue weighted by molar-refractivity contribution is 0.343. The number of nitrogens with zero attached hydrogens (tertiary/aromatic N) is 2. The summed E-state index contributed by atoms with van der Waals surface area (Å²) in [5, 5.41) is 2.03. The van der Waals surface area contributed by atoms with Crippen molar-refractivity contribution >= 4 is 33.3 Å². The van der Waals surface area contributed by atoms with Crippen LogP contribution < -0.4 is 4.74 Å². The number of halogens is 1. The molecule has 0 aliphatic rings. The van der Waals surface area contributed by atoms with E-state index in [4.69, 9.17) is 4.74 Å². The van der Waals surface area contributed by atoms with Crippen molar-refractivity contribution in [3.8, 4) is 16.2 Å². The van der Waals surface area contributed by atoms with Crippen LogP contribution in [0.3, 0.4) is 0 Å². The smallest absolute Gasteiger partial charge is 0.128 e. The average molecular weight is 382 g/mol. The molecule has 2 heterocycles. The number of hydrogen-bond acceptors (Lipinski definition) is 5. The van der Waals surface area contributed by atoms with Gasteiger partial charge < -0.3 is 4.74 Å². The summed E-state index contributed by atoms with van der Waals surface area (Å²) >= 11 is 3.31. The number of thiophene rings is 1. The normalized spacial score (nSPS) is 11.0. The second-order valence-electron chi connectivity index (χ2n) is 5.53. The predicted molar refractivity (Wildman–Crippen MR) is 105 cm³/mol. The lowest BCUT2D eigenvalue weighted by Crippen LogP contribution is -2.00. The Hall–Kier alpha value is -2.44. The maximum absolute atomic E-state index is 12.9. The van der Waals surface area contributed by atoms with Gasteiger partial charge in [-0.1, -0.05) is 30.3 Å². The van der Waals surface area contributed by atoms with Crippen LogP contribution in [0.4, 0.5) is 4.39 Å². The minimum absolute atomic E-state index is 0.262.